The van der Waals surface area contributed by atoms with Crippen LogP contribution in [-0.4, -0.2) is 17.1 Å². The molecular weight excluding hydrogens is 336 g/mol. The molecule has 124 valence electrons. The lowest BCUT2D eigenvalue weighted by molar-refractivity contribution is -0.0501. The van der Waals surface area contributed by atoms with Crippen LogP contribution in [0.2, 0.25) is 0 Å². The number of thiazole rings is 1. The maximum absolute atomic E-state index is 12.4. The number of carbonyl (C=O) groups is 1. The summed E-state index contributed by atoms with van der Waals surface area (Å²) in [6.45, 7) is -3.00. The Balaban J connectivity index is 1.88. The third-order valence-corrected chi connectivity index (χ3v) is 4.43. The lowest BCUT2D eigenvalue weighted by Gasteiger charge is -2.08. The Labute approximate surface area is 139 Å². The Morgan fingerprint density at radius 2 is 1.92 bits per heavy atom. The lowest BCUT2D eigenvalue weighted by Crippen LogP contribution is -2.24. The number of benzene rings is 2. The number of halogens is 2. The molecule has 0 saturated carbocycles. The van der Waals surface area contributed by atoms with E-state index in [0.717, 1.165) is 10.2 Å². The molecule has 0 aliphatic rings. The van der Waals surface area contributed by atoms with Crippen molar-refractivity contribution in [2.24, 2.45) is 12.1 Å². The number of aromatic nitrogens is 1. The smallest absolute Gasteiger partial charge is 0.387 e. The highest BCUT2D eigenvalue weighted by Crippen LogP contribution is 2.20. The van der Waals surface area contributed by atoms with Crippen molar-refractivity contribution in [1.82, 2.24) is 9.99 Å². The molecule has 0 atom stereocenters. The van der Waals surface area contributed by atoms with E-state index in [4.69, 9.17) is 0 Å². The largest absolute Gasteiger partial charge is 0.434 e. The van der Waals surface area contributed by atoms with Crippen LogP contribution >= 0.6 is 11.3 Å². The molecule has 0 unspecified atom stereocenters. The fourth-order valence-corrected chi connectivity index (χ4v) is 3.18. The third kappa shape index (κ3) is 3.28. The third-order valence-electron chi connectivity index (χ3n) is 3.32. The van der Waals surface area contributed by atoms with Gasteiger partial charge in [-0.05, 0) is 24.3 Å². The van der Waals surface area contributed by atoms with Gasteiger partial charge in [0.2, 0.25) is 4.80 Å². The first-order valence-corrected chi connectivity index (χ1v) is 7.80. The molecule has 24 heavy (non-hydrogen) atoms. The normalized spacial score (nSPS) is 11.9. The van der Waals surface area contributed by atoms with Crippen molar-refractivity contribution in [2.75, 3.05) is 0 Å². The second-order valence-corrected chi connectivity index (χ2v) is 5.85. The minimum Gasteiger partial charge on any atom is -0.434 e. The number of aryl methyl sites for hydroxylation is 1. The van der Waals surface area contributed by atoms with Gasteiger partial charge in [0.1, 0.15) is 5.75 Å². The molecule has 0 aliphatic heterocycles. The summed E-state index contributed by atoms with van der Waals surface area (Å²) in [6.07, 6.45) is 0. The highest BCUT2D eigenvalue weighted by molar-refractivity contribution is 7.16. The number of fused-ring (bicyclic) bond motifs is 1. The minimum absolute atomic E-state index is 0.00897. The molecule has 0 spiro atoms. The predicted octanol–water partition coefficient (Wildman–Crippen LogP) is 3.09. The molecule has 2 aromatic carbocycles. The summed E-state index contributed by atoms with van der Waals surface area (Å²) in [6, 6.07) is 13.5. The minimum atomic E-state index is -3.00. The molecule has 3 aromatic rings. The van der Waals surface area contributed by atoms with Crippen molar-refractivity contribution in [3.63, 3.8) is 0 Å². The number of nitrogens with one attached hydrogen (secondary N) is 1. The average Bonchev–Trinajstić information content (AvgIpc) is 2.89. The molecule has 1 aromatic heterocycles. The van der Waals surface area contributed by atoms with Crippen LogP contribution in [0.5, 0.6) is 5.75 Å². The van der Waals surface area contributed by atoms with Crippen molar-refractivity contribution in [3.8, 4) is 5.75 Å². The maximum Gasteiger partial charge on any atom is 0.387 e. The van der Waals surface area contributed by atoms with Gasteiger partial charge in [0, 0.05) is 7.05 Å². The van der Waals surface area contributed by atoms with E-state index in [1.807, 2.05) is 35.9 Å². The fourth-order valence-electron chi connectivity index (χ4n) is 2.20. The van der Waals surface area contributed by atoms with Gasteiger partial charge >= 0.3 is 6.61 Å². The molecule has 1 heterocycles. The molecule has 0 radical (unpaired) electrons. The van der Waals surface area contributed by atoms with E-state index in [1.54, 1.807) is 6.07 Å². The molecular formula is C16H13F2N3O2S. The van der Waals surface area contributed by atoms with Crippen molar-refractivity contribution >= 4 is 27.5 Å². The molecule has 0 bridgehead atoms. The van der Waals surface area contributed by atoms with Gasteiger partial charge in [-0.2, -0.15) is 8.78 Å². The Kier molecular flexibility index (Phi) is 4.57. The van der Waals surface area contributed by atoms with Crippen LogP contribution < -0.4 is 15.0 Å². The van der Waals surface area contributed by atoms with Gasteiger partial charge < -0.3 is 9.30 Å². The highest BCUT2D eigenvalue weighted by atomic mass is 32.1. The molecule has 0 aliphatic carbocycles. The fraction of sp³-hybridized carbons (Fsp3) is 0.125. The molecule has 1 N–H and O–H groups in total. The van der Waals surface area contributed by atoms with E-state index < -0.39 is 12.5 Å². The topological polar surface area (TPSA) is 55.6 Å². The number of alkyl halides is 2. The van der Waals surface area contributed by atoms with E-state index >= 15 is 0 Å². The summed E-state index contributed by atoms with van der Waals surface area (Å²) < 4.78 is 32.0. The Morgan fingerprint density at radius 3 is 2.67 bits per heavy atom. The first kappa shape index (κ1) is 16.1. The van der Waals surface area contributed by atoms with Crippen LogP contribution in [0.1, 0.15) is 10.4 Å². The number of amides is 1. The van der Waals surface area contributed by atoms with Gasteiger partial charge in [-0.3, -0.25) is 4.79 Å². The summed E-state index contributed by atoms with van der Waals surface area (Å²) in [7, 11) is 1.83. The summed E-state index contributed by atoms with van der Waals surface area (Å²) in [5, 5.41) is 4.08. The molecule has 8 heteroatoms. The van der Waals surface area contributed by atoms with Crippen molar-refractivity contribution in [1.29, 1.82) is 0 Å². The van der Waals surface area contributed by atoms with Crippen molar-refractivity contribution < 1.29 is 18.3 Å². The molecule has 1 amide bonds. The van der Waals surface area contributed by atoms with Crippen molar-refractivity contribution in [3.05, 3.63) is 58.9 Å². The molecule has 3 rings (SSSR count). The Morgan fingerprint density at radius 1 is 1.21 bits per heavy atom. The SMILES string of the molecule is Cn1/c(=N/NC(=O)c2ccccc2OC(F)F)sc2ccccc21. The molecule has 0 saturated heterocycles. The lowest BCUT2D eigenvalue weighted by atomic mass is 10.2. The number of nitrogens with zero attached hydrogens (tertiary/aromatic N) is 2. The maximum atomic E-state index is 12.4. The van der Waals surface area contributed by atoms with E-state index in [-0.39, 0.29) is 11.3 Å². The Bertz CT molecular complexity index is 950. The van der Waals surface area contributed by atoms with E-state index in [9.17, 15) is 13.6 Å². The summed E-state index contributed by atoms with van der Waals surface area (Å²) in [4.78, 5) is 12.8. The van der Waals surface area contributed by atoms with Crippen LogP contribution in [0.25, 0.3) is 10.2 Å². The average molecular weight is 349 g/mol. The zero-order valence-electron chi connectivity index (χ0n) is 12.6. The zero-order chi connectivity index (χ0) is 17.1. The van der Waals surface area contributed by atoms with Crippen LogP contribution in [0.4, 0.5) is 8.78 Å². The van der Waals surface area contributed by atoms with E-state index in [0.29, 0.717) is 4.80 Å². The standard InChI is InChI=1S/C16H13F2N3O2S/c1-21-11-7-3-5-9-13(11)24-16(21)20-19-14(22)10-6-2-4-8-12(10)23-15(17)18/h2-9,15H,1H3,(H,19,22)/b20-16-. The van der Waals surface area contributed by atoms with Gasteiger partial charge in [0.25, 0.3) is 5.91 Å². The first-order chi connectivity index (χ1) is 11.6. The van der Waals surface area contributed by atoms with Gasteiger partial charge in [-0.1, -0.05) is 35.6 Å². The summed E-state index contributed by atoms with van der Waals surface area (Å²) >= 11 is 1.41. The van der Waals surface area contributed by atoms with E-state index in [2.05, 4.69) is 15.3 Å². The number of carbonyl (C=O) groups excluding carboxylic acids is 1. The first-order valence-electron chi connectivity index (χ1n) is 6.98. The number of hydrogen-bond acceptors (Lipinski definition) is 4. The second-order valence-electron chi connectivity index (χ2n) is 4.84. The van der Waals surface area contributed by atoms with Crippen LogP contribution in [0, 0.1) is 0 Å². The van der Waals surface area contributed by atoms with Gasteiger partial charge in [-0.15, -0.1) is 5.10 Å². The summed E-state index contributed by atoms with van der Waals surface area (Å²) in [5.74, 6) is -0.815. The Hall–Kier alpha value is -2.74. The highest BCUT2D eigenvalue weighted by Gasteiger charge is 2.15. The molecule has 5 nitrogen and oxygen atoms in total. The van der Waals surface area contributed by atoms with Crippen LogP contribution in [0.3, 0.4) is 0 Å². The van der Waals surface area contributed by atoms with Gasteiger partial charge in [0.05, 0.1) is 15.8 Å². The number of para-hydroxylation sites is 2. The van der Waals surface area contributed by atoms with Crippen molar-refractivity contribution in [2.45, 2.75) is 6.61 Å². The molecule has 0 fully saturated rings. The monoisotopic (exact) mass is 349 g/mol. The number of ether oxygens (including phenoxy) is 1. The van der Waals surface area contributed by atoms with Crippen LogP contribution in [0.15, 0.2) is 53.6 Å². The quantitative estimate of drug-likeness (QED) is 0.736. The number of hydrogen-bond donors (Lipinski definition) is 1. The zero-order valence-corrected chi connectivity index (χ0v) is 13.4. The van der Waals surface area contributed by atoms with Gasteiger partial charge in [-0.25, -0.2) is 5.43 Å². The van der Waals surface area contributed by atoms with Gasteiger partial charge in [0.15, 0.2) is 0 Å². The summed E-state index contributed by atoms with van der Waals surface area (Å²) in [5.41, 5.74) is 3.36. The van der Waals surface area contributed by atoms with Crippen LogP contribution in [-0.2, 0) is 7.05 Å². The predicted molar refractivity (Wildman–Crippen MR) is 86.9 cm³/mol. The van der Waals surface area contributed by atoms with E-state index in [1.165, 1.54) is 29.5 Å². The number of rotatable bonds is 4. The second kappa shape index (κ2) is 6.79.